The molecule has 0 saturated heterocycles. The van der Waals surface area contributed by atoms with E-state index in [0.29, 0.717) is 31.2 Å². The summed E-state index contributed by atoms with van der Waals surface area (Å²) in [4.78, 5) is 19.7. The summed E-state index contributed by atoms with van der Waals surface area (Å²) in [6.45, 7) is 5.38. The van der Waals surface area contributed by atoms with Crippen LogP contribution < -0.4 is 10.6 Å². The molecule has 6 nitrogen and oxygen atoms in total. The Morgan fingerprint density at radius 3 is 2.94 bits per heavy atom. The van der Waals surface area contributed by atoms with Crippen molar-refractivity contribution >= 4 is 11.7 Å². The van der Waals surface area contributed by atoms with Crippen LogP contribution in [0.25, 0.3) is 0 Å². The van der Waals surface area contributed by atoms with Gasteiger partial charge in [0, 0.05) is 26.8 Å². The molecule has 0 unspecified atom stereocenters. The van der Waals surface area contributed by atoms with E-state index >= 15 is 0 Å². The van der Waals surface area contributed by atoms with Crippen LogP contribution in [-0.4, -0.2) is 42.7 Å². The lowest BCUT2D eigenvalue weighted by atomic mass is 10.4. The molecule has 0 aliphatic heterocycles. The molecule has 2 N–H and O–H groups in total. The van der Waals surface area contributed by atoms with Gasteiger partial charge < -0.3 is 15.4 Å². The normalized spacial score (nSPS) is 9.83. The van der Waals surface area contributed by atoms with Crippen LogP contribution in [0.3, 0.4) is 0 Å². The van der Waals surface area contributed by atoms with E-state index < -0.39 is 0 Å². The van der Waals surface area contributed by atoms with Crippen molar-refractivity contribution in [2.75, 3.05) is 32.1 Å². The number of rotatable bonds is 8. The van der Waals surface area contributed by atoms with Crippen molar-refractivity contribution in [3.8, 4) is 0 Å². The highest BCUT2D eigenvalue weighted by Gasteiger charge is 2.06. The molecule has 0 atom stereocenters. The average molecular weight is 250 g/mol. The van der Waals surface area contributed by atoms with E-state index in [-0.39, 0.29) is 5.91 Å². The third kappa shape index (κ3) is 4.92. The van der Waals surface area contributed by atoms with Gasteiger partial charge in [0.15, 0.2) is 0 Å². The number of ether oxygens (including phenoxy) is 1. The Balaban J connectivity index is 2.41. The summed E-state index contributed by atoms with van der Waals surface area (Å²) in [5.41, 5.74) is 0.302. The molecular weight excluding hydrogens is 232 g/mol. The van der Waals surface area contributed by atoms with Gasteiger partial charge in [0.25, 0.3) is 5.91 Å². The van der Waals surface area contributed by atoms with Crippen molar-refractivity contribution in [2.24, 2.45) is 0 Å². The second-order valence-corrected chi connectivity index (χ2v) is 3.56. The molecule has 1 heterocycles. The van der Waals surface area contributed by atoms with Crippen molar-refractivity contribution in [3.63, 3.8) is 0 Å². The molecule has 6 heteroatoms. The van der Waals surface area contributed by atoms with Crippen LogP contribution in [0.1, 0.15) is 16.9 Å². The number of hydrogen-bond acceptors (Lipinski definition) is 5. The minimum absolute atomic E-state index is 0.228. The number of nitrogens with zero attached hydrogens (tertiary/aromatic N) is 2. The Labute approximate surface area is 106 Å². The summed E-state index contributed by atoms with van der Waals surface area (Å²) in [6, 6.07) is 0. The SMILES string of the molecule is C=CCNc1cnc(C(=O)NCCCOC)cn1. The number of aromatic nitrogens is 2. The molecule has 1 aromatic heterocycles. The summed E-state index contributed by atoms with van der Waals surface area (Å²) in [5.74, 6) is 0.389. The summed E-state index contributed by atoms with van der Waals surface area (Å²) in [7, 11) is 1.63. The first-order valence-electron chi connectivity index (χ1n) is 5.72. The molecule has 1 aromatic rings. The Kier molecular flexibility index (Phi) is 6.42. The average Bonchev–Trinajstić information content (AvgIpc) is 2.41. The van der Waals surface area contributed by atoms with Gasteiger partial charge in [-0.1, -0.05) is 6.08 Å². The first-order valence-corrected chi connectivity index (χ1v) is 5.72. The van der Waals surface area contributed by atoms with Gasteiger partial charge in [0.1, 0.15) is 11.5 Å². The highest BCUT2D eigenvalue weighted by Crippen LogP contribution is 2.00. The first-order chi connectivity index (χ1) is 8.77. The lowest BCUT2D eigenvalue weighted by Gasteiger charge is -2.05. The lowest BCUT2D eigenvalue weighted by molar-refractivity contribution is 0.0943. The summed E-state index contributed by atoms with van der Waals surface area (Å²) >= 11 is 0. The third-order valence-corrected chi connectivity index (χ3v) is 2.12. The van der Waals surface area contributed by atoms with Crippen molar-refractivity contribution < 1.29 is 9.53 Å². The number of nitrogens with one attached hydrogen (secondary N) is 2. The third-order valence-electron chi connectivity index (χ3n) is 2.12. The van der Waals surface area contributed by atoms with Crippen LogP contribution in [0.4, 0.5) is 5.82 Å². The molecule has 0 aliphatic rings. The van der Waals surface area contributed by atoms with Gasteiger partial charge in [-0.3, -0.25) is 4.79 Å². The molecule has 0 bridgehead atoms. The predicted octanol–water partition coefficient (Wildman–Crippen LogP) is 0.841. The molecule has 0 fully saturated rings. The fraction of sp³-hybridized carbons (Fsp3) is 0.417. The maximum Gasteiger partial charge on any atom is 0.271 e. The lowest BCUT2D eigenvalue weighted by Crippen LogP contribution is -2.26. The van der Waals surface area contributed by atoms with E-state index in [1.165, 1.54) is 12.4 Å². The zero-order chi connectivity index (χ0) is 13.2. The van der Waals surface area contributed by atoms with Gasteiger partial charge >= 0.3 is 0 Å². The number of amides is 1. The highest BCUT2D eigenvalue weighted by molar-refractivity contribution is 5.91. The van der Waals surface area contributed by atoms with Crippen molar-refractivity contribution in [2.45, 2.75) is 6.42 Å². The van der Waals surface area contributed by atoms with Crippen molar-refractivity contribution in [1.29, 1.82) is 0 Å². The van der Waals surface area contributed by atoms with Crippen LogP contribution in [0.5, 0.6) is 0 Å². The van der Waals surface area contributed by atoms with E-state index in [0.717, 1.165) is 6.42 Å². The number of carbonyl (C=O) groups excluding carboxylic acids is 1. The molecular formula is C12H18N4O2. The second kappa shape index (κ2) is 8.19. The molecule has 98 valence electrons. The summed E-state index contributed by atoms with van der Waals surface area (Å²) in [6.07, 6.45) is 5.46. The van der Waals surface area contributed by atoms with Gasteiger partial charge in [0.2, 0.25) is 0 Å². The van der Waals surface area contributed by atoms with Gasteiger partial charge in [0.05, 0.1) is 12.4 Å². The molecule has 1 amide bonds. The molecule has 0 aliphatic carbocycles. The molecule has 0 aromatic carbocycles. The topological polar surface area (TPSA) is 76.1 Å². The van der Waals surface area contributed by atoms with Crippen molar-refractivity contribution in [1.82, 2.24) is 15.3 Å². The molecule has 1 rings (SSSR count). The van der Waals surface area contributed by atoms with Crippen LogP contribution in [0, 0.1) is 0 Å². The maximum atomic E-state index is 11.6. The Hall–Kier alpha value is -1.95. The van der Waals surface area contributed by atoms with E-state index in [2.05, 4.69) is 27.2 Å². The second-order valence-electron chi connectivity index (χ2n) is 3.56. The molecule has 0 saturated carbocycles. The minimum Gasteiger partial charge on any atom is -0.385 e. The number of hydrogen-bond donors (Lipinski definition) is 2. The van der Waals surface area contributed by atoms with Crippen LogP contribution in [0.15, 0.2) is 25.0 Å². The van der Waals surface area contributed by atoms with Gasteiger partial charge in [-0.05, 0) is 6.42 Å². The maximum absolute atomic E-state index is 11.6. The Morgan fingerprint density at radius 1 is 1.50 bits per heavy atom. The zero-order valence-electron chi connectivity index (χ0n) is 10.5. The molecule has 0 radical (unpaired) electrons. The van der Waals surface area contributed by atoms with Gasteiger partial charge in [-0.15, -0.1) is 6.58 Å². The number of carbonyl (C=O) groups is 1. The molecule has 18 heavy (non-hydrogen) atoms. The summed E-state index contributed by atoms with van der Waals surface area (Å²) in [5, 5.41) is 5.72. The Bertz CT molecular complexity index is 378. The van der Waals surface area contributed by atoms with E-state index in [4.69, 9.17) is 4.74 Å². The fourth-order valence-electron chi connectivity index (χ4n) is 1.22. The quantitative estimate of drug-likeness (QED) is 0.528. The zero-order valence-corrected chi connectivity index (χ0v) is 10.5. The van der Waals surface area contributed by atoms with Crippen LogP contribution in [-0.2, 0) is 4.74 Å². The first kappa shape index (κ1) is 14.1. The smallest absolute Gasteiger partial charge is 0.271 e. The van der Waals surface area contributed by atoms with Crippen LogP contribution in [0.2, 0.25) is 0 Å². The fourth-order valence-corrected chi connectivity index (χ4v) is 1.22. The molecule has 0 spiro atoms. The number of anilines is 1. The van der Waals surface area contributed by atoms with Crippen molar-refractivity contribution in [3.05, 3.63) is 30.7 Å². The largest absolute Gasteiger partial charge is 0.385 e. The summed E-state index contributed by atoms with van der Waals surface area (Å²) < 4.78 is 4.89. The number of methoxy groups -OCH3 is 1. The standard InChI is InChI=1S/C12H18N4O2/c1-3-5-13-11-9-15-10(8-16-11)12(17)14-6-4-7-18-2/h3,8-9H,1,4-7H2,2H3,(H,13,16)(H,14,17). The van der Waals surface area contributed by atoms with Gasteiger partial charge in [-0.25, -0.2) is 9.97 Å². The minimum atomic E-state index is -0.228. The Morgan fingerprint density at radius 2 is 2.33 bits per heavy atom. The van der Waals surface area contributed by atoms with Crippen LogP contribution >= 0.6 is 0 Å². The monoisotopic (exact) mass is 250 g/mol. The van der Waals surface area contributed by atoms with Gasteiger partial charge in [-0.2, -0.15) is 0 Å². The highest BCUT2D eigenvalue weighted by atomic mass is 16.5. The predicted molar refractivity (Wildman–Crippen MR) is 69.5 cm³/mol. The van der Waals surface area contributed by atoms with E-state index in [1.807, 2.05) is 0 Å². The van der Waals surface area contributed by atoms with E-state index in [1.54, 1.807) is 13.2 Å². The van der Waals surface area contributed by atoms with E-state index in [9.17, 15) is 4.79 Å².